The van der Waals surface area contributed by atoms with Crippen LogP contribution in [0.25, 0.3) is 0 Å². The maximum atomic E-state index is 12.2. The Kier molecular flexibility index (Phi) is 4.82. The molecule has 2 heterocycles. The van der Waals surface area contributed by atoms with E-state index in [0.29, 0.717) is 25.9 Å². The van der Waals surface area contributed by atoms with Gasteiger partial charge >= 0.3 is 12.0 Å². The third-order valence-corrected chi connectivity index (χ3v) is 5.21. The summed E-state index contributed by atoms with van der Waals surface area (Å²) < 4.78 is 0. The minimum atomic E-state index is -0.809. The SMILES string of the molecule is CCC1(C(=O)O)CCN(C(=O)NCC(C)c2nccs2)C1. The molecule has 0 aromatic carbocycles. The van der Waals surface area contributed by atoms with E-state index in [0.717, 1.165) is 5.01 Å². The summed E-state index contributed by atoms with van der Waals surface area (Å²) in [5, 5.41) is 15.1. The van der Waals surface area contributed by atoms with Crippen LogP contribution in [0.5, 0.6) is 0 Å². The van der Waals surface area contributed by atoms with Crippen molar-refractivity contribution < 1.29 is 14.7 Å². The molecule has 1 aromatic rings. The molecule has 21 heavy (non-hydrogen) atoms. The van der Waals surface area contributed by atoms with Gasteiger partial charge in [0, 0.05) is 37.1 Å². The van der Waals surface area contributed by atoms with E-state index in [1.165, 1.54) is 0 Å². The van der Waals surface area contributed by atoms with Crippen molar-refractivity contribution in [2.75, 3.05) is 19.6 Å². The number of carboxylic acids is 1. The van der Waals surface area contributed by atoms with Crippen LogP contribution in [0.15, 0.2) is 11.6 Å². The van der Waals surface area contributed by atoms with Crippen molar-refractivity contribution in [1.29, 1.82) is 0 Å². The molecule has 1 saturated heterocycles. The zero-order chi connectivity index (χ0) is 15.5. The number of aromatic nitrogens is 1. The lowest BCUT2D eigenvalue weighted by atomic mass is 9.84. The van der Waals surface area contributed by atoms with Gasteiger partial charge in [0.05, 0.1) is 10.4 Å². The van der Waals surface area contributed by atoms with Gasteiger partial charge in [-0.25, -0.2) is 9.78 Å². The average molecular weight is 311 g/mol. The Hall–Kier alpha value is -1.63. The second kappa shape index (κ2) is 6.43. The molecule has 2 unspecified atom stereocenters. The molecular formula is C14H21N3O3S. The normalized spacial score (nSPS) is 23.0. The van der Waals surface area contributed by atoms with Gasteiger partial charge in [-0.05, 0) is 12.8 Å². The highest BCUT2D eigenvalue weighted by atomic mass is 32.1. The molecule has 2 amide bonds. The highest BCUT2D eigenvalue weighted by molar-refractivity contribution is 7.09. The minimum absolute atomic E-state index is 0.159. The Bertz CT molecular complexity index is 506. The third-order valence-electron chi connectivity index (χ3n) is 4.20. The summed E-state index contributed by atoms with van der Waals surface area (Å²) >= 11 is 1.57. The number of likely N-dealkylation sites (tertiary alicyclic amines) is 1. The smallest absolute Gasteiger partial charge is 0.317 e. The molecule has 7 heteroatoms. The Morgan fingerprint density at radius 2 is 2.38 bits per heavy atom. The number of hydrogen-bond donors (Lipinski definition) is 2. The number of nitrogens with one attached hydrogen (secondary N) is 1. The monoisotopic (exact) mass is 311 g/mol. The van der Waals surface area contributed by atoms with Crippen molar-refractivity contribution in [3.8, 4) is 0 Å². The van der Waals surface area contributed by atoms with Crippen molar-refractivity contribution in [3.05, 3.63) is 16.6 Å². The largest absolute Gasteiger partial charge is 0.481 e. The van der Waals surface area contributed by atoms with Crippen LogP contribution in [0.3, 0.4) is 0 Å². The Balaban J connectivity index is 1.86. The van der Waals surface area contributed by atoms with Gasteiger partial charge < -0.3 is 15.3 Å². The van der Waals surface area contributed by atoms with Gasteiger partial charge in [-0.2, -0.15) is 0 Å². The van der Waals surface area contributed by atoms with E-state index in [9.17, 15) is 14.7 Å². The Morgan fingerprint density at radius 1 is 1.62 bits per heavy atom. The van der Waals surface area contributed by atoms with E-state index in [4.69, 9.17) is 0 Å². The summed E-state index contributed by atoms with van der Waals surface area (Å²) in [7, 11) is 0. The van der Waals surface area contributed by atoms with E-state index >= 15 is 0 Å². The number of nitrogens with zero attached hydrogens (tertiary/aromatic N) is 2. The average Bonchev–Trinajstić information content (AvgIpc) is 3.13. The fraction of sp³-hybridized carbons (Fsp3) is 0.643. The second-order valence-electron chi connectivity index (χ2n) is 5.57. The first-order valence-corrected chi connectivity index (χ1v) is 8.02. The zero-order valence-electron chi connectivity index (χ0n) is 12.3. The van der Waals surface area contributed by atoms with Crippen LogP contribution >= 0.6 is 11.3 Å². The van der Waals surface area contributed by atoms with Crippen molar-refractivity contribution in [2.24, 2.45) is 5.41 Å². The molecule has 2 N–H and O–H groups in total. The molecule has 1 fully saturated rings. The molecule has 1 aliphatic rings. The number of urea groups is 1. The lowest BCUT2D eigenvalue weighted by Crippen LogP contribution is -2.42. The number of aliphatic carboxylic acids is 1. The van der Waals surface area contributed by atoms with Crippen LogP contribution in [-0.4, -0.2) is 46.6 Å². The highest BCUT2D eigenvalue weighted by Crippen LogP contribution is 2.34. The second-order valence-corrected chi connectivity index (χ2v) is 6.49. The molecule has 0 aliphatic carbocycles. The van der Waals surface area contributed by atoms with Gasteiger partial charge in [0.1, 0.15) is 0 Å². The Labute approximate surface area is 128 Å². The summed E-state index contributed by atoms with van der Waals surface area (Å²) in [5.41, 5.74) is -0.780. The molecule has 0 saturated carbocycles. The van der Waals surface area contributed by atoms with Gasteiger partial charge in [-0.1, -0.05) is 13.8 Å². The maximum absolute atomic E-state index is 12.2. The summed E-state index contributed by atoms with van der Waals surface area (Å²) in [6.07, 6.45) is 2.82. The number of carbonyl (C=O) groups is 2. The number of amides is 2. The molecule has 1 aromatic heterocycles. The first-order valence-electron chi connectivity index (χ1n) is 7.14. The van der Waals surface area contributed by atoms with Crippen LogP contribution < -0.4 is 5.32 Å². The van der Waals surface area contributed by atoms with Crippen LogP contribution in [-0.2, 0) is 4.79 Å². The number of thiazole rings is 1. The van der Waals surface area contributed by atoms with Gasteiger partial charge in [-0.3, -0.25) is 4.79 Å². The third kappa shape index (κ3) is 3.34. The summed E-state index contributed by atoms with van der Waals surface area (Å²) in [4.78, 5) is 29.4. The molecular weight excluding hydrogens is 290 g/mol. The van der Waals surface area contributed by atoms with Crippen molar-refractivity contribution in [2.45, 2.75) is 32.6 Å². The molecule has 0 spiro atoms. The minimum Gasteiger partial charge on any atom is -0.481 e. The molecule has 2 atom stereocenters. The lowest BCUT2D eigenvalue weighted by Gasteiger charge is -2.23. The fourth-order valence-electron chi connectivity index (χ4n) is 2.58. The molecule has 116 valence electrons. The van der Waals surface area contributed by atoms with Gasteiger partial charge in [0.2, 0.25) is 0 Å². The number of carbonyl (C=O) groups excluding carboxylic acids is 1. The van der Waals surface area contributed by atoms with E-state index in [2.05, 4.69) is 10.3 Å². The lowest BCUT2D eigenvalue weighted by molar-refractivity contribution is -0.148. The van der Waals surface area contributed by atoms with Crippen LogP contribution in [0.1, 0.15) is 37.6 Å². The van der Waals surface area contributed by atoms with Crippen molar-refractivity contribution in [1.82, 2.24) is 15.2 Å². The number of carboxylic acid groups (broad SMARTS) is 1. The Morgan fingerprint density at radius 3 is 2.90 bits per heavy atom. The van der Waals surface area contributed by atoms with E-state index < -0.39 is 11.4 Å². The van der Waals surface area contributed by atoms with Crippen LogP contribution in [0.2, 0.25) is 0 Å². The summed E-state index contributed by atoms with van der Waals surface area (Å²) in [6, 6.07) is -0.185. The number of hydrogen-bond acceptors (Lipinski definition) is 4. The molecule has 0 bridgehead atoms. The number of rotatable bonds is 5. The van der Waals surface area contributed by atoms with E-state index in [-0.39, 0.29) is 18.5 Å². The first kappa shape index (κ1) is 15.8. The maximum Gasteiger partial charge on any atom is 0.317 e. The zero-order valence-corrected chi connectivity index (χ0v) is 13.2. The summed E-state index contributed by atoms with van der Waals surface area (Å²) in [6.45, 7) is 5.17. The topological polar surface area (TPSA) is 82.5 Å². The van der Waals surface area contributed by atoms with E-state index in [1.807, 2.05) is 19.2 Å². The first-order chi connectivity index (χ1) is 9.98. The molecule has 6 nitrogen and oxygen atoms in total. The predicted octanol–water partition coefficient (Wildman–Crippen LogP) is 2.14. The molecule has 2 rings (SSSR count). The molecule has 0 radical (unpaired) electrons. The quantitative estimate of drug-likeness (QED) is 0.873. The fourth-order valence-corrected chi connectivity index (χ4v) is 3.28. The van der Waals surface area contributed by atoms with E-state index in [1.54, 1.807) is 22.4 Å². The van der Waals surface area contributed by atoms with Crippen LogP contribution in [0.4, 0.5) is 4.79 Å². The van der Waals surface area contributed by atoms with Crippen molar-refractivity contribution in [3.63, 3.8) is 0 Å². The summed E-state index contributed by atoms with van der Waals surface area (Å²) in [5.74, 6) is -0.650. The van der Waals surface area contributed by atoms with Gasteiger partial charge in [0.25, 0.3) is 0 Å². The van der Waals surface area contributed by atoms with Gasteiger partial charge in [-0.15, -0.1) is 11.3 Å². The predicted molar refractivity (Wildman–Crippen MR) is 80.5 cm³/mol. The highest BCUT2D eigenvalue weighted by Gasteiger charge is 2.44. The molecule has 1 aliphatic heterocycles. The van der Waals surface area contributed by atoms with Crippen LogP contribution in [0, 0.1) is 5.41 Å². The standard InChI is InChI=1S/C14H21N3O3S/c1-3-14(12(18)19)4-6-17(9-14)13(20)16-8-10(2)11-15-5-7-21-11/h5,7,10H,3-4,6,8-9H2,1-2H3,(H,16,20)(H,18,19). The van der Waals surface area contributed by atoms with Crippen molar-refractivity contribution >= 4 is 23.3 Å². The van der Waals surface area contributed by atoms with Gasteiger partial charge in [0.15, 0.2) is 0 Å².